The molecule has 1 aliphatic rings. The molecule has 0 N–H and O–H groups in total. The Morgan fingerprint density at radius 3 is 2.89 bits per heavy atom. The van der Waals surface area contributed by atoms with Crippen molar-refractivity contribution in [2.75, 3.05) is 26.3 Å². The molecule has 1 atom stereocenters. The van der Waals surface area contributed by atoms with E-state index in [0.717, 1.165) is 44.7 Å². The number of nitrogens with zero attached hydrogens (tertiary/aromatic N) is 1. The molecule has 0 aromatic heterocycles. The Bertz CT molecular complexity index is 391. The zero-order valence-electron chi connectivity index (χ0n) is 11.7. The van der Waals surface area contributed by atoms with E-state index >= 15 is 0 Å². The Hall–Kier alpha value is -1.19. The molecule has 104 valence electrons. The van der Waals surface area contributed by atoms with Gasteiger partial charge in [-0.2, -0.15) is 0 Å². The SMILES string of the molecule is CCC1COCCN1CCCC(=O)c1ccccc1. The van der Waals surface area contributed by atoms with Crippen LogP contribution >= 0.6 is 0 Å². The summed E-state index contributed by atoms with van der Waals surface area (Å²) in [4.78, 5) is 14.5. The van der Waals surface area contributed by atoms with Gasteiger partial charge in [-0.15, -0.1) is 0 Å². The molecule has 1 fully saturated rings. The van der Waals surface area contributed by atoms with Gasteiger partial charge in [0.25, 0.3) is 0 Å². The van der Waals surface area contributed by atoms with Gasteiger partial charge in [0.1, 0.15) is 0 Å². The molecule has 0 spiro atoms. The number of hydrogen-bond acceptors (Lipinski definition) is 3. The average Bonchev–Trinajstić information content (AvgIpc) is 2.48. The van der Waals surface area contributed by atoms with E-state index in [1.54, 1.807) is 0 Å². The molecule has 3 heteroatoms. The van der Waals surface area contributed by atoms with Crippen molar-refractivity contribution in [1.29, 1.82) is 0 Å². The van der Waals surface area contributed by atoms with E-state index in [1.165, 1.54) is 0 Å². The minimum absolute atomic E-state index is 0.252. The minimum Gasteiger partial charge on any atom is -0.378 e. The third-order valence-corrected chi connectivity index (χ3v) is 3.77. The first-order chi connectivity index (χ1) is 9.31. The maximum atomic E-state index is 12.0. The second-order valence-electron chi connectivity index (χ2n) is 5.07. The molecule has 2 rings (SSSR count). The van der Waals surface area contributed by atoms with Gasteiger partial charge in [0, 0.05) is 24.6 Å². The Balaban J connectivity index is 1.75. The standard InChI is InChI=1S/C16H23NO2/c1-2-15-13-19-12-11-17(15)10-6-9-16(18)14-7-4-3-5-8-14/h3-5,7-8,15H,2,6,9-13H2,1H3. The van der Waals surface area contributed by atoms with Crippen LogP contribution in [-0.2, 0) is 4.74 Å². The fraction of sp³-hybridized carbons (Fsp3) is 0.562. The van der Waals surface area contributed by atoms with Crippen LogP contribution in [0.1, 0.15) is 36.5 Å². The fourth-order valence-electron chi connectivity index (χ4n) is 2.57. The number of hydrogen-bond donors (Lipinski definition) is 0. The van der Waals surface area contributed by atoms with Crippen LogP contribution in [0.3, 0.4) is 0 Å². The zero-order chi connectivity index (χ0) is 13.5. The molecule has 1 aromatic rings. The summed E-state index contributed by atoms with van der Waals surface area (Å²) in [5, 5.41) is 0. The van der Waals surface area contributed by atoms with Crippen LogP contribution in [0.2, 0.25) is 0 Å². The van der Waals surface area contributed by atoms with Crippen LogP contribution in [0.25, 0.3) is 0 Å². The highest BCUT2D eigenvalue weighted by Crippen LogP contribution is 2.12. The lowest BCUT2D eigenvalue weighted by molar-refractivity contribution is -0.00896. The topological polar surface area (TPSA) is 29.5 Å². The first-order valence-electron chi connectivity index (χ1n) is 7.21. The molecule has 3 nitrogen and oxygen atoms in total. The number of ether oxygens (including phenoxy) is 1. The number of morpholine rings is 1. The van der Waals surface area contributed by atoms with Gasteiger partial charge in [-0.05, 0) is 19.4 Å². The molecule has 0 bridgehead atoms. The van der Waals surface area contributed by atoms with Crippen molar-refractivity contribution in [2.45, 2.75) is 32.2 Å². The maximum Gasteiger partial charge on any atom is 0.162 e. The van der Waals surface area contributed by atoms with Gasteiger partial charge >= 0.3 is 0 Å². The van der Waals surface area contributed by atoms with Crippen molar-refractivity contribution in [3.8, 4) is 0 Å². The number of Topliss-reactive ketones (excluding diaryl/α,β-unsaturated/α-hetero) is 1. The van der Waals surface area contributed by atoms with E-state index in [0.29, 0.717) is 12.5 Å². The summed E-state index contributed by atoms with van der Waals surface area (Å²) in [5.41, 5.74) is 0.830. The highest BCUT2D eigenvalue weighted by Gasteiger charge is 2.20. The molecule has 0 saturated carbocycles. The van der Waals surface area contributed by atoms with Crippen molar-refractivity contribution in [3.63, 3.8) is 0 Å². The molecule has 19 heavy (non-hydrogen) atoms. The van der Waals surface area contributed by atoms with Gasteiger partial charge in [0.2, 0.25) is 0 Å². The van der Waals surface area contributed by atoms with Crippen LogP contribution in [0.4, 0.5) is 0 Å². The third kappa shape index (κ3) is 4.15. The molecule has 1 aromatic carbocycles. The van der Waals surface area contributed by atoms with Crippen LogP contribution in [-0.4, -0.2) is 43.0 Å². The summed E-state index contributed by atoms with van der Waals surface area (Å²) in [7, 11) is 0. The zero-order valence-corrected chi connectivity index (χ0v) is 11.7. The molecule has 0 radical (unpaired) electrons. The highest BCUT2D eigenvalue weighted by atomic mass is 16.5. The van der Waals surface area contributed by atoms with Crippen molar-refractivity contribution < 1.29 is 9.53 Å². The first kappa shape index (κ1) is 14.2. The quantitative estimate of drug-likeness (QED) is 0.737. The van der Waals surface area contributed by atoms with Crippen molar-refractivity contribution in [3.05, 3.63) is 35.9 Å². The largest absolute Gasteiger partial charge is 0.378 e. The second-order valence-corrected chi connectivity index (χ2v) is 5.07. The average molecular weight is 261 g/mol. The predicted molar refractivity (Wildman–Crippen MR) is 76.5 cm³/mol. The van der Waals surface area contributed by atoms with E-state index in [9.17, 15) is 4.79 Å². The smallest absolute Gasteiger partial charge is 0.162 e. The summed E-state index contributed by atoms with van der Waals surface area (Å²) in [6.07, 6.45) is 2.69. The molecule has 1 heterocycles. The van der Waals surface area contributed by atoms with E-state index < -0.39 is 0 Å². The Kier molecular flexibility index (Phi) is 5.55. The summed E-state index contributed by atoms with van der Waals surface area (Å²) in [6, 6.07) is 10.1. The van der Waals surface area contributed by atoms with Crippen LogP contribution < -0.4 is 0 Å². The molecular weight excluding hydrogens is 238 g/mol. The van der Waals surface area contributed by atoms with Crippen LogP contribution in [0.5, 0.6) is 0 Å². The molecule has 1 unspecified atom stereocenters. The molecule has 0 aliphatic carbocycles. The monoisotopic (exact) mass is 261 g/mol. The molecule has 1 saturated heterocycles. The lowest BCUT2D eigenvalue weighted by Crippen LogP contribution is -2.45. The lowest BCUT2D eigenvalue weighted by Gasteiger charge is -2.34. The maximum absolute atomic E-state index is 12.0. The molecular formula is C16H23NO2. The first-order valence-corrected chi connectivity index (χ1v) is 7.21. The van der Waals surface area contributed by atoms with Crippen molar-refractivity contribution in [1.82, 2.24) is 4.90 Å². The summed E-state index contributed by atoms with van der Waals surface area (Å²) < 4.78 is 5.49. The number of carbonyl (C=O) groups excluding carboxylic acids is 1. The van der Waals surface area contributed by atoms with E-state index in [4.69, 9.17) is 4.74 Å². The summed E-state index contributed by atoms with van der Waals surface area (Å²) in [6.45, 7) is 5.85. The van der Waals surface area contributed by atoms with E-state index in [2.05, 4.69) is 11.8 Å². The van der Waals surface area contributed by atoms with E-state index in [1.807, 2.05) is 30.3 Å². The predicted octanol–water partition coefficient (Wildman–Crippen LogP) is 2.76. The van der Waals surface area contributed by atoms with Crippen LogP contribution in [0.15, 0.2) is 30.3 Å². The normalized spacial score (nSPS) is 20.4. The van der Waals surface area contributed by atoms with Crippen LogP contribution in [0, 0.1) is 0 Å². The van der Waals surface area contributed by atoms with Crippen molar-refractivity contribution >= 4 is 5.78 Å². The van der Waals surface area contributed by atoms with Crippen molar-refractivity contribution in [2.24, 2.45) is 0 Å². The fourth-order valence-corrected chi connectivity index (χ4v) is 2.57. The van der Waals surface area contributed by atoms with Gasteiger partial charge in [-0.25, -0.2) is 0 Å². The van der Waals surface area contributed by atoms with Gasteiger partial charge in [0.15, 0.2) is 5.78 Å². The molecule has 0 amide bonds. The minimum atomic E-state index is 0.252. The Labute approximate surface area is 115 Å². The Morgan fingerprint density at radius 2 is 2.16 bits per heavy atom. The second kappa shape index (κ2) is 7.41. The number of carbonyl (C=O) groups is 1. The van der Waals surface area contributed by atoms with Gasteiger partial charge in [0.05, 0.1) is 13.2 Å². The third-order valence-electron chi connectivity index (χ3n) is 3.77. The highest BCUT2D eigenvalue weighted by molar-refractivity contribution is 5.95. The summed E-state index contributed by atoms with van der Waals surface area (Å²) in [5.74, 6) is 0.252. The van der Waals surface area contributed by atoms with Gasteiger partial charge < -0.3 is 4.74 Å². The van der Waals surface area contributed by atoms with E-state index in [-0.39, 0.29) is 5.78 Å². The molecule has 1 aliphatic heterocycles. The Morgan fingerprint density at radius 1 is 1.37 bits per heavy atom. The lowest BCUT2D eigenvalue weighted by atomic mass is 10.1. The van der Waals surface area contributed by atoms with Gasteiger partial charge in [-0.3, -0.25) is 9.69 Å². The number of benzene rings is 1. The van der Waals surface area contributed by atoms with Gasteiger partial charge in [-0.1, -0.05) is 37.3 Å². The number of ketones is 1. The summed E-state index contributed by atoms with van der Waals surface area (Å²) >= 11 is 0. The number of rotatable bonds is 6.